The van der Waals surface area contributed by atoms with Gasteiger partial charge in [-0.3, -0.25) is 0 Å². The summed E-state index contributed by atoms with van der Waals surface area (Å²) in [4.78, 5) is 11.4. The maximum Gasteiger partial charge on any atom is 0.225 e. The lowest BCUT2D eigenvalue weighted by atomic mass is 9.82. The minimum absolute atomic E-state index is 0.336. The molecule has 4 nitrogen and oxygen atoms in total. The lowest BCUT2D eigenvalue weighted by Crippen LogP contribution is -2.38. The SMILES string of the molecule is CNCC1CC(Oc2ncnc3sc4c(c23)CCC4)C1. The molecular weight excluding hydrogens is 270 g/mol. The van der Waals surface area contributed by atoms with E-state index in [-0.39, 0.29) is 0 Å². The molecule has 0 atom stereocenters. The Morgan fingerprint density at radius 2 is 2.25 bits per heavy atom. The van der Waals surface area contributed by atoms with Crippen LogP contribution in [0.25, 0.3) is 10.2 Å². The molecule has 2 aliphatic carbocycles. The van der Waals surface area contributed by atoms with Gasteiger partial charge < -0.3 is 10.1 Å². The molecule has 2 aliphatic rings. The van der Waals surface area contributed by atoms with E-state index in [0.717, 1.165) is 42.4 Å². The Bertz CT molecular complexity index is 633. The number of thiophene rings is 1. The molecule has 0 amide bonds. The third-order valence-corrected chi connectivity index (χ3v) is 5.63. The Hall–Kier alpha value is -1.20. The van der Waals surface area contributed by atoms with Gasteiger partial charge in [-0.05, 0) is 57.2 Å². The summed E-state index contributed by atoms with van der Waals surface area (Å²) >= 11 is 1.82. The standard InChI is InChI=1S/C15H19N3OS/c1-16-7-9-5-10(6-9)19-14-13-11-3-2-4-12(11)20-15(13)18-8-17-14/h8-10,16H,2-7H2,1H3. The van der Waals surface area contributed by atoms with Gasteiger partial charge in [0, 0.05) is 4.88 Å². The first-order valence-corrected chi connectivity index (χ1v) is 8.23. The van der Waals surface area contributed by atoms with E-state index in [1.54, 1.807) is 6.33 Å². The van der Waals surface area contributed by atoms with Crippen molar-refractivity contribution in [3.63, 3.8) is 0 Å². The van der Waals surface area contributed by atoms with Crippen LogP contribution in [0.1, 0.15) is 29.7 Å². The van der Waals surface area contributed by atoms with E-state index in [1.165, 1.54) is 28.7 Å². The van der Waals surface area contributed by atoms with E-state index < -0.39 is 0 Å². The zero-order valence-corrected chi connectivity index (χ0v) is 12.5. The fourth-order valence-electron chi connectivity index (χ4n) is 3.37. The lowest BCUT2D eigenvalue weighted by Gasteiger charge is -2.35. The fourth-order valence-corrected chi connectivity index (χ4v) is 4.59. The Balaban J connectivity index is 1.58. The van der Waals surface area contributed by atoms with Crippen molar-refractivity contribution in [1.29, 1.82) is 0 Å². The van der Waals surface area contributed by atoms with Gasteiger partial charge in [0.05, 0.1) is 5.39 Å². The molecule has 5 heteroatoms. The molecule has 2 aromatic heterocycles. The first-order valence-electron chi connectivity index (χ1n) is 7.41. The highest BCUT2D eigenvalue weighted by Crippen LogP contribution is 2.41. The summed E-state index contributed by atoms with van der Waals surface area (Å²) in [6.07, 6.45) is 7.88. The third-order valence-electron chi connectivity index (χ3n) is 4.43. The molecule has 0 unspecified atom stereocenters. The number of aryl methyl sites for hydroxylation is 2. The summed E-state index contributed by atoms with van der Waals surface area (Å²) in [6.45, 7) is 1.09. The largest absolute Gasteiger partial charge is 0.474 e. The summed E-state index contributed by atoms with van der Waals surface area (Å²) in [5.74, 6) is 1.58. The highest BCUT2D eigenvalue weighted by atomic mass is 32.1. The summed E-state index contributed by atoms with van der Waals surface area (Å²) in [5.41, 5.74) is 1.45. The summed E-state index contributed by atoms with van der Waals surface area (Å²) < 4.78 is 6.15. The second kappa shape index (κ2) is 4.97. The third kappa shape index (κ3) is 2.00. The Morgan fingerprint density at radius 1 is 1.35 bits per heavy atom. The van der Waals surface area contributed by atoms with E-state index in [2.05, 4.69) is 15.3 Å². The predicted molar refractivity (Wildman–Crippen MR) is 80.5 cm³/mol. The number of aromatic nitrogens is 2. The molecule has 2 heterocycles. The Kier molecular flexibility index (Phi) is 3.11. The monoisotopic (exact) mass is 289 g/mol. The average molecular weight is 289 g/mol. The van der Waals surface area contributed by atoms with Gasteiger partial charge in [-0.25, -0.2) is 9.97 Å². The summed E-state index contributed by atoms with van der Waals surface area (Å²) in [6, 6.07) is 0. The van der Waals surface area contributed by atoms with Crippen molar-refractivity contribution in [2.45, 2.75) is 38.2 Å². The number of nitrogens with zero attached hydrogens (tertiary/aromatic N) is 2. The van der Waals surface area contributed by atoms with Crippen molar-refractivity contribution in [3.05, 3.63) is 16.8 Å². The zero-order valence-electron chi connectivity index (χ0n) is 11.7. The second-order valence-electron chi connectivity index (χ2n) is 5.85. The van der Waals surface area contributed by atoms with Crippen LogP contribution in [-0.4, -0.2) is 29.7 Å². The van der Waals surface area contributed by atoms with E-state index >= 15 is 0 Å². The van der Waals surface area contributed by atoms with Gasteiger partial charge in [-0.2, -0.15) is 0 Å². The molecule has 0 bridgehead atoms. The van der Waals surface area contributed by atoms with Gasteiger partial charge >= 0.3 is 0 Å². The van der Waals surface area contributed by atoms with Crippen LogP contribution < -0.4 is 10.1 Å². The zero-order chi connectivity index (χ0) is 13.5. The molecule has 0 spiro atoms. The maximum absolute atomic E-state index is 6.15. The molecule has 4 rings (SSSR count). The lowest BCUT2D eigenvalue weighted by molar-refractivity contribution is 0.0631. The number of ether oxygens (including phenoxy) is 1. The highest BCUT2D eigenvalue weighted by molar-refractivity contribution is 7.18. The van der Waals surface area contributed by atoms with Crippen LogP contribution in [0.5, 0.6) is 5.88 Å². The second-order valence-corrected chi connectivity index (χ2v) is 6.93. The van der Waals surface area contributed by atoms with Crippen molar-refractivity contribution >= 4 is 21.6 Å². The number of hydrogen-bond donors (Lipinski definition) is 1. The van der Waals surface area contributed by atoms with Crippen molar-refractivity contribution < 1.29 is 4.74 Å². The number of hydrogen-bond acceptors (Lipinski definition) is 5. The van der Waals surface area contributed by atoms with Gasteiger partial charge in [0.25, 0.3) is 0 Å². The number of nitrogens with one attached hydrogen (secondary N) is 1. The fraction of sp³-hybridized carbons (Fsp3) is 0.600. The van der Waals surface area contributed by atoms with Crippen molar-refractivity contribution in [2.24, 2.45) is 5.92 Å². The van der Waals surface area contributed by atoms with Gasteiger partial charge in [0.15, 0.2) is 0 Å². The molecule has 106 valence electrons. The van der Waals surface area contributed by atoms with Crippen LogP contribution in [0.15, 0.2) is 6.33 Å². The molecule has 1 saturated carbocycles. The smallest absolute Gasteiger partial charge is 0.225 e. The van der Waals surface area contributed by atoms with Crippen LogP contribution >= 0.6 is 11.3 Å². The first-order chi connectivity index (χ1) is 9.85. The van der Waals surface area contributed by atoms with Crippen LogP contribution in [0.3, 0.4) is 0 Å². The van der Waals surface area contributed by atoms with E-state index in [4.69, 9.17) is 4.74 Å². The molecular formula is C15H19N3OS. The molecule has 0 saturated heterocycles. The summed E-state index contributed by atoms with van der Waals surface area (Å²) in [5, 5.41) is 4.43. The minimum Gasteiger partial charge on any atom is -0.474 e. The van der Waals surface area contributed by atoms with E-state index in [0.29, 0.717) is 6.10 Å². The molecule has 0 aromatic carbocycles. The van der Waals surface area contributed by atoms with Gasteiger partial charge in [-0.1, -0.05) is 0 Å². The molecule has 2 aromatic rings. The highest BCUT2D eigenvalue weighted by Gasteiger charge is 2.31. The van der Waals surface area contributed by atoms with Crippen molar-refractivity contribution in [1.82, 2.24) is 15.3 Å². The van der Waals surface area contributed by atoms with Crippen molar-refractivity contribution in [3.8, 4) is 5.88 Å². The molecule has 1 N–H and O–H groups in total. The molecule has 0 aliphatic heterocycles. The molecule has 0 radical (unpaired) electrons. The Labute approximate surface area is 122 Å². The van der Waals surface area contributed by atoms with Gasteiger partial charge in [0.1, 0.15) is 17.3 Å². The first kappa shape index (κ1) is 12.5. The van der Waals surface area contributed by atoms with E-state index in [1.807, 2.05) is 18.4 Å². The van der Waals surface area contributed by atoms with Crippen LogP contribution in [0, 0.1) is 5.92 Å². The Morgan fingerprint density at radius 3 is 3.10 bits per heavy atom. The summed E-state index contributed by atoms with van der Waals surface area (Å²) in [7, 11) is 2.01. The quantitative estimate of drug-likeness (QED) is 0.939. The maximum atomic E-state index is 6.15. The van der Waals surface area contributed by atoms with Gasteiger partial charge in [-0.15, -0.1) is 11.3 Å². The van der Waals surface area contributed by atoms with Crippen molar-refractivity contribution in [2.75, 3.05) is 13.6 Å². The normalized spacial score (nSPS) is 24.6. The molecule has 20 heavy (non-hydrogen) atoms. The van der Waals surface area contributed by atoms with Gasteiger partial charge in [0.2, 0.25) is 5.88 Å². The van der Waals surface area contributed by atoms with Crippen LogP contribution in [0.4, 0.5) is 0 Å². The van der Waals surface area contributed by atoms with Crippen LogP contribution in [0.2, 0.25) is 0 Å². The van der Waals surface area contributed by atoms with E-state index in [9.17, 15) is 0 Å². The minimum atomic E-state index is 0.336. The molecule has 1 fully saturated rings. The predicted octanol–water partition coefficient (Wildman–Crippen LogP) is 2.56. The number of rotatable bonds is 4. The topological polar surface area (TPSA) is 47.0 Å². The average Bonchev–Trinajstić information content (AvgIpc) is 2.96. The van der Waals surface area contributed by atoms with Crippen LogP contribution in [-0.2, 0) is 12.8 Å². The number of fused-ring (bicyclic) bond motifs is 3.